The highest BCUT2D eigenvalue weighted by Crippen LogP contribution is 2.65. The Morgan fingerprint density at radius 3 is 2.40 bits per heavy atom. The lowest BCUT2D eigenvalue weighted by molar-refractivity contribution is -0.149. The summed E-state index contributed by atoms with van der Waals surface area (Å²) in [6.07, 6.45) is -1.05. The van der Waals surface area contributed by atoms with Crippen molar-refractivity contribution in [2.75, 3.05) is 0 Å². The largest absolute Gasteiger partial charge is 0.457 e. The second-order valence-corrected chi connectivity index (χ2v) is 12.2. The number of hydrogen-bond acceptors (Lipinski definition) is 4. The molecule has 0 bridgehead atoms. The molecule has 2 aromatic rings. The smallest absolute Gasteiger partial charge is 0.311 e. The average molecular weight is 576 g/mol. The van der Waals surface area contributed by atoms with Crippen molar-refractivity contribution in [1.82, 2.24) is 0 Å². The van der Waals surface area contributed by atoms with Gasteiger partial charge in [0.15, 0.2) is 3.24 Å². The van der Waals surface area contributed by atoms with Gasteiger partial charge in [-0.15, -0.1) is 0 Å². The third-order valence-corrected chi connectivity index (χ3v) is 8.64. The Hall–Kier alpha value is -1.26. The van der Waals surface area contributed by atoms with Gasteiger partial charge in [-0.1, -0.05) is 83.3 Å². The van der Waals surface area contributed by atoms with Gasteiger partial charge >= 0.3 is 5.97 Å². The first-order valence-corrected chi connectivity index (χ1v) is 11.7. The minimum absolute atomic E-state index is 0.147. The zero-order valence-electron chi connectivity index (χ0n) is 16.2. The van der Waals surface area contributed by atoms with Gasteiger partial charge in [-0.3, -0.25) is 4.79 Å². The molecule has 1 fully saturated rings. The van der Waals surface area contributed by atoms with Gasteiger partial charge in [-0.2, -0.15) is 5.26 Å². The van der Waals surface area contributed by atoms with Gasteiger partial charge in [0.2, 0.25) is 6.10 Å². The van der Waals surface area contributed by atoms with E-state index in [1.807, 2.05) is 44.2 Å². The molecular weight excluding hydrogens is 557 g/mol. The van der Waals surface area contributed by atoms with Crippen molar-refractivity contribution in [2.45, 2.75) is 28.0 Å². The molecule has 1 aliphatic rings. The fraction of sp³-hybridized carbons (Fsp3) is 0.364. The molecule has 0 spiro atoms. The minimum Gasteiger partial charge on any atom is -0.457 e. The molecule has 0 aromatic heterocycles. The topological polar surface area (TPSA) is 59.3 Å². The Labute approximate surface area is 202 Å². The minimum atomic E-state index is -1.22. The molecule has 158 valence electrons. The predicted octanol–water partition coefficient (Wildman–Crippen LogP) is 7.15. The molecule has 3 rings (SSSR count). The highest BCUT2D eigenvalue weighted by molar-refractivity contribution is 9.13. The highest BCUT2D eigenvalue weighted by Gasteiger charge is 2.67. The summed E-state index contributed by atoms with van der Waals surface area (Å²) in [6, 6.07) is 18.3. The van der Waals surface area contributed by atoms with E-state index in [2.05, 4.69) is 37.9 Å². The van der Waals surface area contributed by atoms with Gasteiger partial charge in [0.25, 0.3) is 0 Å². The second kappa shape index (κ2) is 9.08. The standard InChI is InChI=1S/C22H19Br2Cl2NO3/c1-21(2)17(19(23)22(24,25)26)18(21)20(28)30-16(12-27)13-7-6-10-15(11-13)29-14-8-4-3-5-9-14/h3-11,16-19H,1-2H3/t16?,17-,18-,19?/m0/s1. The Morgan fingerprint density at radius 2 is 1.80 bits per heavy atom. The molecule has 0 radical (unpaired) electrons. The number of hydrogen-bond donors (Lipinski definition) is 0. The maximum atomic E-state index is 12.9. The normalized spacial score (nSPS) is 21.8. The SMILES string of the molecule is CC1(C)[C@H](C(=O)OC(C#N)c2cccc(Oc3ccccc3)c2)[C@H]1C(Br)C(Cl)(Cl)Br. The number of nitrogens with zero attached hydrogens (tertiary/aromatic N) is 1. The van der Waals surface area contributed by atoms with Crippen LogP contribution in [-0.4, -0.2) is 14.0 Å². The number of benzene rings is 2. The Balaban J connectivity index is 1.72. The van der Waals surface area contributed by atoms with Gasteiger partial charge in [0.1, 0.15) is 17.6 Å². The van der Waals surface area contributed by atoms with E-state index >= 15 is 0 Å². The van der Waals surface area contributed by atoms with Crippen molar-refractivity contribution in [3.63, 3.8) is 0 Å². The van der Waals surface area contributed by atoms with Crippen molar-refractivity contribution in [1.29, 1.82) is 5.26 Å². The van der Waals surface area contributed by atoms with Crippen LogP contribution in [0.15, 0.2) is 54.6 Å². The highest BCUT2D eigenvalue weighted by atomic mass is 79.9. The monoisotopic (exact) mass is 573 g/mol. The zero-order chi connectivity index (χ0) is 22.1. The van der Waals surface area contributed by atoms with Crippen LogP contribution >= 0.6 is 55.1 Å². The summed E-state index contributed by atoms with van der Waals surface area (Å²) >= 11 is 19.0. The molecule has 0 N–H and O–H groups in total. The molecule has 4 atom stereocenters. The number of nitriles is 1. The molecule has 0 amide bonds. The number of alkyl halides is 4. The van der Waals surface area contributed by atoms with Gasteiger partial charge in [-0.05, 0) is 51.5 Å². The summed E-state index contributed by atoms with van der Waals surface area (Å²) in [6.45, 7) is 3.89. The van der Waals surface area contributed by atoms with Gasteiger partial charge < -0.3 is 9.47 Å². The van der Waals surface area contributed by atoms with Crippen LogP contribution in [0.3, 0.4) is 0 Å². The van der Waals surface area contributed by atoms with Crippen molar-refractivity contribution in [3.05, 3.63) is 60.2 Å². The van der Waals surface area contributed by atoms with Crippen molar-refractivity contribution in [3.8, 4) is 17.6 Å². The number of carbonyl (C=O) groups excluding carboxylic acids is 1. The summed E-state index contributed by atoms with van der Waals surface area (Å²) in [4.78, 5) is 12.5. The number of rotatable bonds is 7. The van der Waals surface area contributed by atoms with Crippen LogP contribution in [0.5, 0.6) is 11.5 Å². The molecule has 0 saturated heterocycles. The summed E-state index contributed by atoms with van der Waals surface area (Å²) < 4.78 is 10.2. The van der Waals surface area contributed by atoms with Crippen LogP contribution in [0.25, 0.3) is 0 Å². The van der Waals surface area contributed by atoms with E-state index in [1.54, 1.807) is 24.3 Å². The van der Waals surface area contributed by atoms with E-state index in [1.165, 1.54) is 0 Å². The number of ether oxygens (including phenoxy) is 2. The zero-order valence-corrected chi connectivity index (χ0v) is 20.9. The van der Waals surface area contributed by atoms with Crippen LogP contribution < -0.4 is 4.74 Å². The fourth-order valence-electron chi connectivity index (χ4n) is 3.60. The molecule has 0 aliphatic heterocycles. The Morgan fingerprint density at radius 1 is 1.17 bits per heavy atom. The molecular formula is C22H19Br2Cl2NO3. The van der Waals surface area contributed by atoms with Gasteiger partial charge in [0, 0.05) is 5.56 Å². The second-order valence-electron chi connectivity index (χ2n) is 7.70. The van der Waals surface area contributed by atoms with E-state index < -0.39 is 21.2 Å². The quantitative estimate of drug-likeness (QED) is 0.260. The first kappa shape index (κ1) is 23.4. The maximum absolute atomic E-state index is 12.9. The molecule has 4 nitrogen and oxygen atoms in total. The lowest BCUT2D eigenvalue weighted by atomic mass is 10.1. The summed E-state index contributed by atoms with van der Waals surface area (Å²) in [5.74, 6) is 0.183. The third kappa shape index (κ3) is 5.13. The Kier molecular flexibility index (Phi) is 7.08. The van der Waals surface area contributed by atoms with Crippen molar-refractivity contribution in [2.24, 2.45) is 17.3 Å². The third-order valence-electron chi connectivity index (χ3n) is 5.28. The Bertz CT molecular complexity index is 957. The van der Waals surface area contributed by atoms with E-state index in [4.69, 9.17) is 32.7 Å². The van der Waals surface area contributed by atoms with Crippen LogP contribution in [0.1, 0.15) is 25.5 Å². The predicted molar refractivity (Wildman–Crippen MR) is 124 cm³/mol. The number of para-hydroxylation sites is 1. The first-order valence-electron chi connectivity index (χ1n) is 9.19. The average Bonchev–Trinajstić information content (AvgIpc) is 3.27. The summed E-state index contributed by atoms with van der Waals surface area (Å²) in [5.41, 5.74) is 0.168. The molecule has 1 saturated carbocycles. The molecule has 2 unspecified atom stereocenters. The lowest BCUT2D eigenvalue weighted by Gasteiger charge is -2.20. The molecule has 2 aromatic carbocycles. The van der Waals surface area contributed by atoms with E-state index in [9.17, 15) is 10.1 Å². The van der Waals surface area contributed by atoms with E-state index in [0.717, 1.165) is 0 Å². The number of halogens is 4. The van der Waals surface area contributed by atoms with E-state index in [0.29, 0.717) is 17.1 Å². The van der Waals surface area contributed by atoms with Crippen LogP contribution in [0.4, 0.5) is 0 Å². The molecule has 8 heteroatoms. The van der Waals surface area contributed by atoms with E-state index in [-0.39, 0.29) is 16.2 Å². The fourth-order valence-corrected chi connectivity index (χ4v) is 5.14. The van der Waals surface area contributed by atoms with Crippen LogP contribution in [-0.2, 0) is 9.53 Å². The van der Waals surface area contributed by atoms with Crippen LogP contribution in [0, 0.1) is 28.6 Å². The molecule has 30 heavy (non-hydrogen) atoms. The van der Waals surface area contributed by atoms with Gasteiger partial charge in [0.05, 0.1) is 10.7 Å². The molecule has 1 aliphatic carbocycles. The van der Waals surface area contributed by atoms with Crippen LogP contribution in [0.2, 0.25) is 0 Å². The number of esters is 1. The number of carbonyl (C=O) groups is 1. The van der Waals surface area contributed by atoms with Crippen molar-refractivity contribution < 1.29 is 14.3 Å². The maximum Gasteiger partial charge on any atom is 0.311 e. The lowest BCUT2D eigenvalue weighted by Crippen LogP contribution is -2.24. The van der Waals surface area contributed by atoms with Gasteiger partial charge in [-0.25, -0.2) is 0 Å². The first-order chi connectivity index (χ1) is 14.1. The molecule has 0 heterocycles. The summed E-state index contributed by atoms with van der Waals surface area (Å²) in [5, 5.41) is 9.62. The summed E-state index contributed by atoms with van der Waals surface area (Å²) in [7, 11) is 0. The van der Waals surface area contributed by atoms with Crippen molar-refractivity contribution >= 4 is 61.0 Å².